The van der Waals surface area contributed by atoms with Gasteiger partial charge in [-0.15, -0.1) is 0 Å². The van der Waals surface area contributed by atoms with Gasteiger partial charge in [0.2, 0.25) is 0 Å². The fraction of sp³-hybridized carbons (Fsp3) is 0.727. The summed E-state index contributed by atoms with van der Waals surface area (Å²) in [4.78, 5) is 21.8. The molecule has 1 amide bonds. The molecule has 3 fully saturated rings. The van der Waals surface area contributed by atoms with Crippen LogP contribution >= 0.6 is 0 Å². The number of ether oxygens (including phenoxy) is 2. The number of carbonyl (C=O) groups is 1. The van der Waals surface area contributed by atoms with Gasteiger partial charge in [0.05, 0.1) is 36.8 Å². The van der Waals surface area contributed by atoms with E-state index in [1.165, 1.54) is 12.8 Å². The molecule has 1 atom stereocenters. The lowest BCUT2D eigenvalue weighted by Gasteiger charge is -2.41. The van der Waals surface area contributed by atoms with Crippen molar-refractivity contribution in [3.05, 3.63) is 24.0 Å². The maximum atomic E-state index is 12.9. The average Bonchev–Trinajstić information content (AvgIpc) is 3.47. The maximum Gasteiger partial charge on any atom is 0.410 e. The number of anilines is 1. The van der Waals surface area contributed by atoms with Gasteiger partial charge in [0.1, 0.15) is 11.1 Å². The molecule has 0 spiro atoms. The number of carbonyl (C=O) groups excluding carboxylic acids is 1. The van der Waals surface area contributed by atoms with Gasteiger partial charge in [0, 0.05) is 19.6 Å². The molecule has 1 aliphatic carbocycles. The molecule has 1 saturated carbocycles. The number of hydrogen-bond donors (Lipinski definition) is 1. The van der Waals surface area contributed by atoms with Crippen molar-refractivity contribution in [3.63, 3.8) is 0 Å². The van der Waals surface area contributed by atoms with Gasteiger partial charge in [-0.3, -0.25) is 4.98 Å². The highest BCUT2D eigenvalue weighted by Gasteiger charge is 2.38. The van der Waals surface area contributed by atoms with E-state index in [0.717, 1.165) is 43.9 Å². The minimum absolute atomic E-state index is 0.166. The Hall–Kier alpha value is -1.86. The monoisotopic (exact) mass is 402 g/mol. The standard InChI is InChI=1S/C22H34N4O3/c1-21(2,3)29-20(27)26(12-16-6-7-16)18-5-4-10-25(13-18)17-8-9-19(24-11-17)22(23)14-28-15-22/h8-9,11,16,18H,4-7,10,12-15,23H2,1-3H3/t18-/m1/s1. The van der Waals surface area contributed by atoms with Crippen LogP contribution in [0.4, 0.5) is 10.5 Å². The van der Waals surface area contributed by atoms with Gasteiger partial charge >= 0.3 is 6.09 Å². The minimum atomic E-state index is -0.476. The Morgan fingerprint density at radius 2 is 2.10 bits per heavy atom. The number of hydrogen-bond acceptors (Lipinski definition) is 6. The van der Waals surface area contributed by atoms with Crippen LogP contribution in [0.1, 0.15) is 52.1 Å². The molecule has 1 aromatic rings. The second kappa shape index (κ2) is 7.76. The summed E-state index contributed by atoms with van der Waals surface area (Å²) < 4.78 is 11.0. The van der Waals surface area contributed by atoms with Crippen molar-refractivity contribution in [2.45, 2.75) is 63.6 Å². The molecule has 0 aromatic carbocycles. The summed E-state index contributed by atoms with van der Waals surface area (Å²) in [5.74, 6) is 0.629. The van der Waals surface area contributed by atoms with Crippen LogP contribution in [0, 0.1) is 5.92 Å². The smallest absolute Gasteiger partial charge is 0.410 e. The Morgan fingerprint density at radius 1 is 1.34 bits per heavy atom. The normalized spacial score (nSPS) is 24.0. The summed E-state index contributed by atoms with van der Waals surface area (Å²) in [7, 11) is 0. The van der Waals surface area contributed by atoms with E-state index in [1.54, 1.807) is 0 Å². The van der Waals surface area contributed by atoms with Crippen LogP contribution in [0.25, 0.3) is 0 Å². The molecule has 29 heavy (non-hydrogen) atoms. The van der Waals surface area contributed by atoms with Crippen molar-refractivity contribution in [2.75, 3.05) is 37.7 Å². The van der Waals surface area contributed by atoms with Crippen molar-refractivity contribution in [2.24, 2.45) is 11.7 Å². The Labute approximate surface area is 173 Å². The lowest BCUT2D eigenvalue weighted by atomic mass is 9.94. The van der Waals surface area contributed by atoms with Gasteiger partial charge in [0.25, 0.3) is 0 Å². The van der Waals surface area contributed by atoms with Crippen molar-refractivity contribution >= 4 is 11.8 Å². The molecule has 2 saturated heterocycles. The Morgan fingerprint density at radius 3 is 2.66 bits per heavy atom. The molecule has 2 N–H and O–H groups in total. The molecule has 3 aliphatic rings. The van der Waals surface area contributed by atoms with Gasteiger partial charge in [-0.25, -0.2) is 4.79 Å². The van der Waals surface area contributed by atoms with E-state index in [4.69, 9.17) is 15.2 Å². The number of piperidine rings is 1. The van der Waals surface area contributed by atoms with E-state index in [1.807, 2.05) is 37.9 Å². The predicted molar refractivity (Wildman–Crippen MR) is 112 cm³/mol. The minimum Gasteiger partial charge on any atom is -0.444 e. The van der Waals surface area contributed by atoms with Gasteiger partial charge in [-0.05, 0) is 64.5 Å². The highest BCUT2D eigenvalue weighted by Crippen LogP contribution is 2.33. The van der Waals surface area contributed by atoms with Gasteiger partial charge in [-0.1, -0.05) is 0 Å². The SMILES string of the molecule is CC(C)(C)OC(=O)N(CC1CC1)[C@@H]1CCCN(c2ccc(C3(N)COC3)nc2)C1. The summed E-state index contributed by atoms with van der Waals surface area (Å²) in [5, 5.41) is 0. The number of nitrogens with zero attached hydrogens (tertiary/aromatic N) is 3. The lowest BCUT2D eigenvalue weighted by Crippen LogP contribution is -2.54. The number of nitrogens with two attached hydrogens (primary N) is 1. The fourth-order valence-electron chi connectivity index (χ4n) is 4.05. The first-order valence-electron chi connectivity index (χ1n) is 10.8. The highest BCUT2D eigenvalue weighted by atomic mass is 16.6. The average molecular weight is 403 g/mol. The first-order valence-corrected chi connectivity index (χ1v) is 10.8. The largest absolute Gasteiger partial charge is 0.444 e. The third-order valence-corrected chi connectivity index (χ3v) is 5.96. The number of pyridine rings is 1. The zero-order valence-corrected chi connectivity index (χ0v) is 17.9. The molecular formula is C22H34N4O3. The molecule has 160 valence electrons. The fourth-order valence-corrected chi connectivity index (χ4v) is 4.05. The Bertz CT molecular complexity index is 723. The van der Waals surface area contributed by atoms with E-state index < -0.39 is 11.1 Å². The van der Waals surface area contributed by atoms with Crippen LogP contribution in [0.15, 0.2) is 18.3 Å². The van der Waals surface area contributed by atoms with Crippen LogP contribution in [0.3, 0.4) is 0 Å². The second-order valence-electron chi connectivity index (χ2n) is 9.87. The van der Waals surface area contributed by atoms with Crippen LogP contribution in [0.2, 0.25) is 0 Å². The van der Waals surface area contributed by atoms with Crippen molar-refractivity contribution in [1.29, 1.82) is 0 Å². The Balaban J connectivity index is 1.44. The first-order chi connectivity index (χ1) is 13.7. The quantitative estimate of drug-likeness (QED) is 0.816. The van der Waals surface area contributed by atoms with Crippen LogP contribution < -0.4 is 10.6 Å². The third kappa shape index (κ3) is 4.83. The molecular weight excluding hydrogens is 368 g/mol. The molecule has 1 aromatic heterocycles. The van der Waals surface area contributed by atoms with E-state index in [2.05, 4.69) is 16.0 Å². The molecule has 0 unspecified atom stereocenters. The third-order valence-electron chi connectivity index (χ3n) is 5.96. The molecule has 2 aliphatic heterocycles. The van der Waals surface area contributed by atoms with E-state index in [9.17, 15) is 4.79 Å². The van der Waals surface area contributed by atoms with Gasteiger partial charge in [-0.2, -0.15) is 0 Å². The van der Waals surface area contributed by atoms with Crippen LogP contribution in [0.5, 0.6) is 0 Å². The summed E-state index contributed by atoms with van der Waals surface area (Å²) in [5.41, 5.74) is 7.33. The molecule has 7 heteroatoms. The highest BCUT2D eigenvalue weighted by molar-refractivity contribution is 5.69. The molecule has 0 bridgehead atoms. The second-order valence-corrected chi connectivity index (χ2v) is 9.87. The zero-order valence-electron chi connectivity index (χ0n) is 17.9. The summed E-state index contributed by atoms with van der Waals surface area (Å²) in [6.07, 6.45) is 6.21. The maximum absolute atomic E-state index is 12.9. The van der Waals surface area contributed by atoms with Crippen LogP contribution in [-0.4, -0.2) is 60.5 Å². The van der Waals surface area contributed by atoms with Crippen LogP contribution in [-0.2, 0) is 15.0 Å². The summed E-state index contributed by atoms with van der Waals surface area (Å²) >= 11 is 0. The number of amides is 1. The van der Waals surface area contributed by atoms with E-state index in [0.29, 0.717) is 19.1 Å². The van der Waals surface area contributed by atoms with E-state index in [-0.39, 0.29) is 12.1 Å². The molecule has 3 heterocycles. The predicted octanol–water partition coefficient (Wildman–Crippen LogP) is 2.88. The van der Waals surface area contributed by atoms with Gasteiger partial charge < -0.3 is 25.0 Å². The topological polar surface area (TPSA) is 80.9 Å². The first kappa shape index (κ1) is 20.4. The molecule has 7 nitrogen and oxygen atoms in total. The van der Waals surface area contributed by atoms with Crippen molar-refractivity contribution < 1.29 is 14.3 Å². The van der Waals surface area contributed by atoms with Crippen molar-refractivity contribution in [1.82, 2.24) is 9.88 Å². The Kier molecular flexibility index (Phi) is 5.46. The molecule has 0 radical (unpaired) electrons. The summed E-state index contributed by atoms with van der Waals surface area (Å²) in [6.45, 7) is 9.42. The van der Waals surface area contributed by atoms with Gasteiger partial charge in [0.15, 0.2) is 0 Å². The van der Waals surface area contributed by atoms with Crippen molar-refractivity contribution in [3.8, 4) is 0 Å². The number of rotatable bonds is 5. The van der Waals surface area contributed by atoms with E-state index >= 15 is 0 Å². The zero-order chi connectivity index (χ0) is 20.6. The number of aromatic nitrogens is 1. The summed E-state index contributed by atoms with van der Waals surface area (Å²) in [6, 6.07) is 4.27. The lowest BCUT2D eigenvalue weighted by molar-refractivity contribution is -0.0590. The molecule has 4 rings (SSSR count).